The Balaban J connectivity index is 1.91. The number of aromatic hydroxyl groups is 1. The molecule has 1 aliphatic heterocycles. The van der Waals surface area contributed by atoms with E-state index in [2.05, 4.69) is 9.98 Å². The fourth-order valence-corrected chi connectivity index (χ4v) is 2.33. The number of hydrogen-bond donors (Lipinski definition) is 1. The van der Waals surface area contributed by atoms with E-state index in [1.54, 1.807) is 6.92 Å². The number of aliphatic imine (C=N–C) groups is 1. The summed E-state index contributed by atoms with van der Waals surface area (Å²) >= 11 is 0. The van der Waals surface area contributed by atoms with Crippen molar-refractivity contribution in [1.82, 2.24) is 4.98 Å². The highest BCUT2D eigenvalue weighted by atomic mass is 16.5. The molecular formula is C18H26N2O7. The molecule has 0 radical (unpaired) electrons. The number of nitrogens with zero attached hydrogens (tertiary/aromatic N) is 2. The molecule has 0 amide bonds. The molecule has 1 N–H and O–H groups in total. The molecule has 2 rings (SSSR count). The van der Waals surface area contributed by atoms with Crippen LogP contribution in [-0.2, 0) is 23.7 Å². The molecule has 0 saturated heterocycles. The molecule has 9 nitrogen and oxygen atoms in total. The zero-order valence-electron chi connectivity index (χ0n) is 15.9. The maximum atomic E-state index is 11.8. The lowest BCUT2D eigenvalue weighted by atomic mass is 10.1. The third kappa shape index (κ3) is 5.54. The fraction of sp³-hybridized carbons (Fsp3) is 0.611. The number of methoxy groups -OCH3 is 1. The quantitative estimate of drug-likeness (QED) is 0.451. The molecule has 0 aliphatic carbocycles. The van der Waals surface area contributed by atoms with Crippen molar-refractivity contribution < 1.29 is 33.6 Å². The van der Waals surface area contributed by atoms with Gasteiger partial charge >= 0.3 is 5.97 Å². The van der Waals surface area contributed by atoms with E-state index in [9.17, 15) is 9.90 Å². The zero-order chi connectivity index (χ0) is 19.7. The van der Waals surface area contributed by atoms with Crippen molar-refractivity contribution in [2.24, 2.45) is 4.99 Å². The van der Waals surface area contributed by atoms with Crippen molar-refractivity contribution in [2.75, 3.05) is 46.8 Å². The molecule has 9 heteroatoms. The standard InChI is InChI=1S/C18H26N2O7/c1-4-7-24-8-9-25-10-11-26-13-5-6-19-14(15(13)21)16-20-18(2,12-27-16)17(22)23-3/h5-6,21H,4,7-12H2,1-3H3/t18-/m1/s1. The van der Waals surface area contributed by atoms with E-state index < -0.39 is 11.5 Å². The van der Waals surface area contributed by atoms with Gasteiger partial charge in [0.25, 0.3) is 0 Å². The Labute approximate surface area is 158 Å². The van der Waals surface area contributed by atoms with E-state index in [1.165, 1.54) is 19.4 Å². The number of rotatable bonds is 11. The predicted octanol–water partition coefficient (Wildman–Crippen LogP) is 1.32. The lowest BCUT2D eigenvalue weighted by Gasteiger charge is -2.13. The van der Waals surface area contributed by atoms with Crippen LogP contribution in [0.25, 0.3) is 0 Å². The second-order valence-electron chi connectivity index (χ2n) is 6.05. The molecule has 0 bridgehead atoms. The average Bonchev–Trinajstić information content (AvgIpc) is 3.07. The smallest absolute Gasteiger partial charge is 0.337 e. The molecule has 0 fully saturated rings. The van der Waals surface area contributed by atoms with Crippen molar-refractivity contribution in [3.05, 3.63) is 18.0 Å². The topological polar surface area (TPSA) is 109 Å². The number of hydrogen-bond acceptors (Lipinski definition) is 9. The van der Waals surface area contributed by atoms with Crippen LogP contribution in [-0.4, -0.2) is 74.2 Å². The number of esters is 1. The lowest BCUT2D eigenvalue weighted by molar-refractivity contribution is -0.146. The normalized spacial score (nSPS) is 18.7. The van der Waals surface area contributed by atoms with Crippen LogP contribution in [0.1, 0.15) is 26.0 Å². The van der Waals surface area contributed by atoms with Gasteiger partial charge in [-0.3, -0.25) is 0 Å². The number of carbonyl (C=O) groups is 1. The predicted molar refractivity (Wildman–Crippen MR) is 96.2 cm³/mol. The minimum absolute atomic E-state index is 0.00908. The molecule has 150 valence electrons. The largest absolute Gasteiger partial charge is 0.503 e. The Morgan fingerprint density at radius 1 is 1.26 bits per heavy atom. The monoisotopic (exact) mass is 382 g/mol. The summed E-state index contributed by atoms with van der Waals surface area (Å²) in [5.74, 6) is -0.444. The van der Waals surface area contributed by atoms with E-state index in [0.717, 1.165) is 6.42 Å². The first-order valence-corrected chi connectivity index (χ1v) is 8.79. The van der Waals surface area contributed by atoms with Gasteiger partial charge in [0.15, 0.2) is 22.7 Å². The van der Waals surface area contributed by atoms with E-state index in [4.69, 9.17) is 23.7 Å². The zero-order valence-corrected chi connectivity index (χ0v) is 15.9. The highest BCUT2D eigenvalue weighted by molar-refractivity contribution is 5.99. The maximum Gasteiger partial charge on any atom is 0.337 e. The van der Waals surface area contributed by atoms with Crippen molar-refractivity contribution in [1.29, 1.82) is 0 Å². The summed E-state index contributed by atoms with van der Waals surface area (Å²) in [6.45, 7) is 5.97. The van der Waals surface area contributed by atoms with E-state index in [0.29, 0.717) is 26.4 Å². The number of carbonyl (C=O) groups excluding carboxylic acids is 1. The van der Waals surface area contributed by atoms with Gasteiger partial charge in [-0.2, -0.15) is 0 Å². The van der Waals surface area contributed by atoms with Gasteiger partial charge in [-0.15, -0.1) is 0 Å². The van der Waals surface area contributed by atoms with E-state index in [-0.39, 0.29) is 36.3 Å². The molecule has 1 aliphatic rings. The highest BCUT2D eigenvalue weighted by Crippen LogP contribution is 2.32. The SMILES string of the molecule is CCCOCCOCCOc1ccnc(C2=N[C@@](C)(C(=O)OC)CO2)c1O. The molecule has 0 spiro atoms. The first-order chi connectivity index (χ1) is 13.0. The molecular weight excluding hydrogens is 356 g/mol. The molecule has 1 aromatic rings. The Morgan fingerprint density at radius 3 is 2.67 bits per heavy atom. The number of ether oxygens (including phenoxy) is 5. The van der Waals surface area contributed by atoms with Gasteiger partial charge in [-0.25, -0.2) is 14.8 Å². The van der Waals surface area contributed by atoms with Crippen LogP contribution < -0.4 is 4.74 Å². The van der Waals surface area contributed by atoms with Crippen LogP contribution in [0.3, 0.4) is 0 Å². The van der Waals surface area contributed by atoms with Crippen molar-refractivity contribution in [2.45, 2.75) is 25.8 Å². The van der Waals surface area contributed by atoms with Gasteiger partial charge in [0.2, 0.25) is 5.90 Å². The van der Waals surface area contributed by atoms with Crippen molar-refractivity contribution >= 4 is 11.9 Å². The van der Waals surface area contributed by atoms with Crippen LogP contribution in [0, 0.1) is 0 Å². The summed E-state index contributed by atoms with van der Waals surface area (Å²) in [4.78, 5) is 20.1. The van der Waals surface area contributed by atoms with Crippen LogP contribution in [0.15, 0.2) is 17.3 Å². The molecule has 0 saturated carbocycles. The Kier molecular flexibility index (Phi) is 7.81. The fourth-order valence-electron chi connectivity index (χ4n) is 2.33. The maximum absolute atomic E-state index is 11.8. The summed E-state index contributed by atoms with van der Waals surface area (Å²) in [6, 6.07) is 1.53. The van der Waals surface area contributed by atoms with Gasteiger partial charge in [-0.1, -0.05) is 6.92 Å². The molecule has 2 heterocycles. The summed E-state index contributed by atoms with van der Waals surface area (Å²) in [5.41, 5.74) is -1.06. The second kappa shape index (κ2) is 10.1. The van der Waals surface area contributed by atoms with Gasteiger partial charge in [-0.05, 0) is 13.3 Å². The van der Waals surface area contributed by atoms with Crippen LogP contribution >= 0.6 is 0 Å². The highest BCUT2D eigenvalue weighted by Gasteiger charge is 2.41. The van der Waals surface area contributed by atoms with Gasteiger partial charge in [0.1, 0.15) is 13.2 Å². The van der Waals surface area contributed by atoms with Crippen LogP contribution in [0.4, 0.5) is 0 Å². The molecule has 0 unspecified atom stereocenters. The molecule has 1 aromatic heterocycles. The average molecular weight is 382 g/mol. The Morgan fingerprint density at radius 2 is 1.96 bits per heavy atom. The summed E-state index contributed by atoms with van der Waals surface area (Å²) in [7, 11) is 1.28. The Hall–Kier alpha value is -2.39. The van der Waals surface area contributed by atoms with Gasteiger partial charge < -0.3 is 28.8 Å². The van der Waals surface area contributed by atoms with Gasteiger partial charge in [0, 0.05) is 18.9 Å². The molecule has 1 atom stereocenters. The first-order valence-electron chi connectivity index (χ1n) is 8.79. The van der Waals surface area contributed by atoms with Crippen LogP contribution in [0.5, 0.6) is 11.5 Å². The summed E-state index contributed by atoms with van der Waals surface area (Å²) < 4.78 is 26.4. The summed E-state index contributed by atoms with van der Waals surface area (Å²) in [5, 5.41) is 10.4. The van der Waals surface area contributed by atoms with Crippen LogP contribution in [0.2, 0.25) is 0 Å². The van der Waals surface area contributed by atoms with Gasteiger partial charge in [0.05, 0.1) is 26.9 Å². The minimum Gasteiger partial charge on any atom is -0.503 e. The second-order valence-corrected chi connectivity index (χ2v) is 6.05. The number of aromatic nitrogens is 1. The minimum atomic E-state index is -1.16. The van der Waals surface area contributed by atoms with Crippen molar-refractivity contribution in [3.8, 4) is 11.5 Å². The summed E-state index contributed by atoms with van der Waals surface area (Å²) in [6.07, 6.45) is 2.43. The Bertz CT molecular complexity index is 665. The van der Waals surface area contributed by atoms with E-state index in [1.807, 2.05) is 6.92 Å². The van der Waals surface area contributed by atoms with E-state index >= 15 is 0 Å². The lowest BCUT2D eigenvalue weighted by Crippen LogP contribution is -2.35. The molecule has 27 heavy (non-hydrogen) atoms. The third-order valence-electron chi connectivity index (χ3n) is 3.76. The number of pyridine rings is 1. The molecule has 0 aromatic carbocycles. The van der Waals surface area contributed by atoms with Crippen molar-refractivity contribution in [3.63, 3.8) is 0 Å². The first kappa shape index (κ1) is 20.9. The third-order valence-corrected chi connectivity index (χ3v) is 3.76.